The molecule has 1 aromatic rings. The standard InChI is InChI=1S/C22H35N3O6/c1-8-16(17(26)18(27)23-14-15-12-10-9-11-13-15)25(20(29)31-22(5,6)7)24-19(28)30-21(2,3)4/h9-13,16-17,26H,8,14H2,1-7H3,(H,23,27)(H,24,28)/t16-,17?/m0/s1. The molecule has 0 aliphatic heterocycles. The molecule has 0 saturated carbocycles. The predicted molar refractivity (Wildman–Crippen MR) is 116 cm³/mol. The van der Waals surface area contributed by atoms with Crippen LogP contribution in [0, 0.1) is 0 Å². The number of rotatable bonds is 6. The van der Waals surface area contributed by atoms with Crippen LogP contribution in [0.2, 0.25) is 0 Å². The van der Waals surface area contributed by atoms with Gasteiger partial charge in [0.15, 0.2) is 6.10 Å². The molecular weight excluding hydrogens is 402 g/mol. The zero-order valence-electron chi connectivity index (χ0n) is 19.4. The number of hydrogen-bond acceptors (Lipinski definition) is 6. The predicted octanol–water partition coefficient (Wildman–Crippen LogP) is 3.12. The number of aliphatic hydroxyl groups excluding tert-OH is 1. The maximum absolute atomic E-state index is 12.8. The van der Waals surface area contributed by atoms with Crippen molar-refractivity contribution in [2.45, 2.75) is 84.8 Å². The summed E-state index contributed by atoms with van der Waals surface area (Å²) in [6.07, 6.45) is -3.28. The summed E-state index contributed by atoms with van der Waals surface area (Å²) in [5.41, 5.74) is 1.50. The number of amides is 3. The van der Waals surface area contributed by atoms with E-state index in [9.17, 15) is 19.5 Å². The summed E-state index contributed by atoms with van der Waals surface area (Å²) in [6.45, 7) is 11.9. The summed E-state index contributed by atoms with van der Waals surface area (Å²) >= 11 is 0. The Kier molecular flexibility index (Phi) is 9.30. The first kappa shape index (κ1) is 26.2. The van der Waals surface area contributed by atoms with Crippen molar-refractivity contribution in [1.29, 1.82) is 0 Å². The number of benzene rings is 1. The van der Waals surface area contributed by atoms with Gasteiger partial charge in [-0.1, -0.05) is 37.3 Å². The Labute approximate surface area is 184 Å². The fraction of sp³-hybridized carbons (Fsp3) is 0.591. The highest BCUT2D eigenvalue weighted by atomic mass is 16.6. The summed E-state index contributed by atoms with van der Waals surface area (Å²) in [6, 6.07) is 8.11. The van der Waals surface area contributed by atoms with E-state index < -0.39 is 41.4 Å². The molecule has 174 valence electrons. The van der Waals surface area contributed by atoms with Crippen molar-refractivity contribution < 1.29 is 29.0 Å². The smallest absolute Gasteiger partial charge is 0.429 e. The number of hydrogen-bond donors (Lipinski definition) is 3. The van der Waals surface area contributed by atoms with Crippen LogP contribution in [0.4, 0.5) is 9.59 Å². The van der Waals surface area contributed by atoms with Crippen molar-refractivity contribution in [3.63, 3.8) is 0 Å². The van der Waals surface area contributed by atoms with Gasteiger partial charge in [-0.25, -0.2) is 20.0 Å². The molecule has 3 amide bonds. The van der Waals surface area contributed by atoms with E-state index in [-0.39, 0.29) is 13.0 Å². The van der Waals surface area contributed by atoms with Gasteiger partial charge in [-0.05, 0) is 53.5 Å². The molecule has 1 aromatic carbocycles. The summed E-state index contributed by atoms with van der Waals surface area (Å²) in [5.74, 6) is -0.685. The maximum Gasteiger partial charge on any atom is 0.429 e. The molecule has 0 aromatic heterocycles. The Morgan fingerprint density at radius 3 is 2.03 bits per heavy atom. The van der Waals surface area contributed by atoms with E-state index in [0.29, 0.717) is 0 Å². The molecule has 2 atom stereocenters. The minimum absolute atomic E-state index is 0.162. The molecule has 0 bridgehead atoms. The van der Waals surface area contributed by atoms with E-state index in [1.165, 1.54) is 0 Å². The van der Waals surface area contributed by atoms with Crippen molar-refractivity contribution in [2.24, 2.45) is 0 Å². The van der Waals surface area contributed by atoms with E-state index in [4.69, 9.17) is 9.47 Å². The highest BCUT2D eigenvalue weighted by molar-refractivity contribution is 5.82. The lowest BCUT2D eigenvalue weighted by Gasteiger charge is -2.35. The normalized spacial score (nSPS) is 13.5. The third kappa shape index (κ3) is 9.69. The molecule has 1 unspecified atom stereocenters. The number of carbonyl (C=O) groups is 3. The first-order valence-electron chi connectivity index (χ1n) is 10.2. The Bertz CT molecular complexity index is 740. The van der Waals surface area contributed by atoms with Crippen LogP contribution < -0.4 is 10.7 Å². The summed E-state index contributed by atoms with van der Waals surface area (Å²) in [7, 11) is 0. The number of nitrogens with zero attached hydrogens (tertiary/aromatic N) is 1. The first-order chi connectivity index (χ1) is 14.2. The highest BCUT2D eigenvalue weighted by Gasteiger charge is 2.37. The van der Waals surface area contributed by atoms with Gasteiger partial charge in [0.25, 0.3) is 5.91 Å². The van der Waals surface area contributed by atoms with Gasteiger partial charge in [0.2, 0.25) is 0 Å². The summed E-state index contributed by atoms with van der Waals surface area (Å²) in [4.78, 5) is 37.6. The van der Waals surface area contributed by atoms with Gasteiger partial charge in [-0.15, -0.1) is 0 Å². The van der Waals surface area contributed by atoms with Crippen molar-refractivity contribution >= 4 is 18.1 Å². The van der Waals surface area contributed by atoms with E-state index in [1.54, 1.807) is 48.5 Å². The number of ether oxygens (including phenoxy) is 2. The third-order valence-corrected chi connectivity index (χ3v) is 3.89. The average Bonchev–Trinajstić information content (AvgIpc) is 2.63. The van der Waals surface area contributed by atoms with Crippen LogP contribution in [0.3, 0.4) is 0 Å². The summed E-state index contributed by atoms with van der Waals surface area (Å²) < 4.78 is 10.6. The molecule has 0 aliphatic carbocycles. The quantitative estimate of drug-likeness (QED) is 0.589. The second kappa shape index (κ2) is 11.0. The van der Waals surface area contributed by atoms with Gasteiger partial charge in [-0.3, -0.25) is 4.79 Å². The van der Waals surface area contributed by atoms with Gasteiger partial charge >= 0.3 is 12.2 Å². The van der Waals surface area contributed by atoms with Gasteiger partial charge in [0.1, 0.15) is 11.2 Å². The maximum atomic E-state index is 12.8. The molecular formula is C22H35N3O6. The molecule has 0 heterocycles. The zero-order valence-corrected chi connectivity index (χ0v) is 19.4. The Hall–Kier alpha value is -2.81. The number of hydrazine groups is 1. The van der Waals surface area contributed by atoms with Crippen LogP contribution in [0.5, 0.6) is 0 Å². The van der Waals surface area contributed by atoms with Crippen molar-refractivity contribution in [3.05, 3.63) is 35.9 Å². The molecule has 9 heteroatoms. The second-order valence-electron chi connectivity index (χ2n) is 9.09. The molecule has 0 radical (unpaired) electrons. The topological polar surface area (TPSA) is 117 Å². The molecule has 0 fully saturated rings. The molecule has 0 spiro atoms. The van der Waals surface area contributed by atoms with E-state index in [2.05, 4.69) is 10.7 Å². The van der Waals surface area contributed by atoms with Gasteiger partial charge in [-0.2, -0.15) is 0 Å². The molecule has 9 nitrogen and oxygen atoms in total. The average molecular weight is 438 g/mol. The minimum atomic E-state index is -1.61. The minimum Gasteiger partial charge on any atom is -0.443 e. The van der Waals surface area contributed by atoms with Gasteiger partial charge < -0.3 is 19.9 Å². The number of carbonyl (C=O) groups excluding carboxylic acids is 3. The first-order valence-corrected chi connectivity index (χ1v) is 10.2. The number of nitrogens with one attached hydrogen (secondary N) is 2. The molecule has 31 heavy (non-hydrogen) atoms. The molecule has 1 rings (SSSR count). The Balaban J connectivity index is 3.00. The van der Waals surface area contributed by atoms with Gasteiger partial charge in [0, 0.05) is 6.54 Å². The Morgan fingerprint density at radius 1 is 1.00 bits per heavy atom. The molecule has 0 aliphatic rings. The van der Waals surface area contributed by atoms with E-state index in [1.807, 2.05) is 30.3 Å². The van der Waals surface area contributed by atoms with Crippen LogP contribution in [0.1, 0.15) is 60.5 Å². The largest absolute Gasteiger partial charge is 0.443 e. The third-order valence-electron chi connectivity index (χ3n) is 3.89. The van der Waals surface area contributed by atoms with E-state index in [0.717, 1.165) is 10.6 Å². The van der Waals surface area contributed by atoms with Crippen LogP contribution in [-0.4, -0.2) is 51.6 Å². The molecule has 3 N–H and O–H groups in total. The van der Waals surface area contributed by atoms with E-state index >= 15 is 0 Å². The lowest BCUT2D eigenvalue weighted by molar-refractivity contribution is -0.134. The van der Waals surface area contributed by atoms with Gasteiger partial charge in [0.05, 0.1) is 6.04 Å². The second-order valence-corrected chi connectivity index (χ2v) is 9.09. The molecule has 0 saturated heterocycles. The van der Waals surface area contributed by atoms with Crippen LogP contribution in [-0.2, 0) is 20.8 Å². The van der Waals surface area contributed by atoms with Crippen LogP contribution >= 0.6 is 0 Å². The fourth-order valence-electron chi connectivity index (χ4n) is 2.59. The van der Waals surface area contributed by atoms with Crippen LogP contribution in [0.25, 0.3) is 0 Å². The lowest BCUT2D eigenvalue weighted by atomic mass is 10.1. The Morgan fingerprint density at radius 2 is 1.55 bits per heavy atom. The highest BCUT2D eigenvalue weighted by Crippen LogP contribution is 2.16. The zero-order chi connectivity index (χ0) is 23.8. The van der Waals surface area contributed by atoms with Crippen molar-refractivity contribution in [3.8, 4) is 0 Å². The van der Waals surface area contributed by atoms with Crippen LogP contribution in [0.15, 0.2) is 30.3 Å². The number of aliphatic hydroxyl groups is 1. The summed E-state index contributed by atoms with van der Waals surface area (Å²) in [5, 5.41) is 14.1. The monoisotopic (exact) mass is 437 g/mol. The van der Waals surface area contributed by atoms with Crippen molar-refractivity contribution in [1.82, 2.24) is 15.8 Å². The fourth-order valence-corrected chi connectivity index (χ4v) is 2.59. The SMILES string of the molecule is CC[C@@H](C(O)C(=O)NCc1ccccc1)N(NC(=O)OC(C)(C)C)C(=O)OC(C)(C)C. The lowest BCUT2D eigenvalue weighted by Crippen LogP contribution is -2.60. The van der Waals surface area contributed by atoms with Crippen molar-refractivity contribution in [2.75, 3.05) is 0 Å².